The van der Waals surface area contributed by atoms with E-state index in [0.717, 1.165) is 0 Å². The Balaban J connectivity index is 1.26. The van der Waals surface area contributed by atoms with Crippen LogP contribution in [-0.4, -0.2) is 38.7 Å². The normalized spacial score (nSPS) is 13.9. The highest BCUT2D eigenvalue weighted by atomic mass is 16.6. The molecule has 1 aliphatic rings. The van der Waals surface area contributed by atoms with Crippen LogP contribution in [0.2, 0.25) is 0 Å². The van der Waals surface area contributed by atoms with Crippen LogP contribution in [0.15, 0.2) is 57.6 Å². The molecular weight excluding hydrogens is 466 g/mol. The third kappa shape index (κ3) is 4.41. The molecule has 1 aromatic carbocycles. The van der Waals surface area contributed by atoms with Crippen molar-refractivity contribution in [3.05, 3.63) is 70.2 Å². The number of aromatic nitrogens is 3. The Hall–Kier alpha value is -4.92. The molecule has 3 aromatic heterocycles. The van der Waals surface area contributed by atoms with E-state index in [1.165, 1.54) is 18.4 Å². The van der Waals surface area contributed by atoms with Gasteiger partial charge in [0.15, 0.2) is 5.76 Å². The number of carbonyl (C=O) groups excluding carboxylic acids is 1. The number of nitriles is 1. The molecule has 1 N–H and O–H groups in total. The lowest BCUT2D eigenvalue weighted by Crippen LogP contribution is -2.38. The fourth-order valence-corrected chi connectivity index (χ4v) is 4.18. The van der Waals surface area contributed by atoms with E-state index < -0.39 is 4.92 Å². The lowest BCUT2D eigenvalue weighted by molar-refractivity contribution is -0.384. The van der Waals surface area contributed by atoms with E-state index in [2.05, 4.69) is 21.5 Å². The zero-order valence-electron chi connectivity index (χ0n) is 19.2. The summed E-state index contributed by atoms with van der Waals surface area (Å²) in [7, 11) is 0. The maximum atomic E-state index is 13.1. The van der Waals surface area contributed by atoms with Gasteiger partial charge < -0.3 is 19.1 Å². The van der Waals surface area contributed by atoms with Gasteiger partial charge in [0.1, 0.15) is 11.9 Å². The second kappa shape index (κ2) is 9.38. The zero-order valence-corrected chi connectivity index (χ0v) is 19.2. The Bertz CT molecular complexity index is 1440. The van der Waals surface area contributed by atoms with Gasteiger partial charge in [0.05, 0.1) is 22.6 Å². The van der Waals surface area contributed by atoms with Crippen molar-refractivity contribution in [1.29, 1.82) is 5.26 Å². The maximum Gasteiger partial charge on any atom is 0.269 e. The maximum absolute atomic E-state index is 13.1. The van der Waals surface area contributed by atoms with Crippen molar-refractivity contribution in [3.63, 3.8) is 0 Å². The average Bonchev–Trinajstić information content (AvgIpc) is 3.64. The third-order valence-corrected chi connectivity index (χ3v) is 5.99. The Morgan fingerprint density at radius 3 is 2.64 bits per heavy atom. The van der Waals surface area contributed by atoms with E-state index in [0.29, 0.717) is 54.8 Å². The molecule has 0 bridgehead atoms. The summed E-state index contributed by atoms with van der Waals surface area (Å²) in [5, 5.41) is 27.8. The van der Waals surface area contributed by atoms with Crippen LogP contribution >= 0.6 is 0 Å². The Kier molecular flexibility index (Phi) is 5.95. The monoisotopic (exact) mass is 487 g/mol. The van der Waals surface area contributed by atoms with Crippen LogP contribution in [0.1, 0.15) is 24.2 Å². The number of non-ortho nitro benzene ring substituents is 1. The van der Waals surface area contributed by atoms with Crippen LogP contribution in [0.5, 0.6) is 0 Å². The second-order valence-corrected chi connectivity index (χ2v) is 8.37. The van der Waals surface area contributed by atoms with Crippen LogP contribution in [0, 0.1) is 34.3 Å². The number of nitro benzene ring substituents is 1. The van der Waals surface area contributed by atoms with Crippen LogP contribution < -0.4 is 10.2 Å². The van der Waals surface area contributed by atoms with Gasteiger partial charge >= 0.3 is 0 Å². The Morgan fingerprint density at radius 1 is 1.25 bits per heavy atom. The Labute approximate surface area is 204 Å². The summed E-state index contributed by atoms with van der Waals surface area (Å²) in [6, 6.07) is 13.2. The number of carbonyl (C=O) groups is 1. The van der Waals surface area contributed by atoms with Crippen LogP contribution in [0.3, 0.4) is 0 Å². The number of oxazole rings is 1. The van der Waals surface area contributed by atoms with Crippen molar-refractivity contribution in [2.45, 2.75) is 19.8 Å². The molecule has 5 rings (SSSR count). The summed E-state index contributed by atoms with van der Waals surface area (Å²) in [5.74, 6) is 1.13. The summed E-state index contributed by atoms with van der Waals surface area (Å²) >= 11 is 0. The second-order valence-electron chi connectivity index (χ2n) is 8.37. The van der Waals surface area contributed by atoms with E-state index in [4.69, 9.17) is 8.83 Å². The lowest BCUT2D eigenvalue weighted by Gasteiger charge is -2.30. The van der Waals surface area contributed by atoms with Crippen LogP contribution in [0.4, 0.5) is 17.4 Å². The molecule has 36 heavy (non-hydrogen) atoms. The number of furan rings is 1. The van der Waals surface area contributed by atoms with E-state index in [9.17, 15) is 20.2 Å². The summed E-state index contributed by atoms with van der Waals surface area (Å²) in [4.78, 5) is 29.7. The number of nitro groups is 1. The molecule has 4 aromatic rings. The van der Waals surface area contributed by atoms with Gasteiger partial charge in [-0.05, 0) is 44.0 Å². The molecule has 12 nitrogen and oxygen atoms in total. The highest BCUT2D eigenvalue weighted by molar-refractivity contribution is 5.92. The molecule has 1 aliphatic heterocycles. The largest absolute Gasteiger partial charge is 0.459 e. The third-order valence-electron chi connectivity index (χ3n) is 5.99. The molecule has 0 saturated carbocycles. The molecule has 0 aliphatic carbocycles. The fraction of sp³-hybridized carbons (Fsp3) is 0.250. The number of amides is 1. The van der Waals surface area contributed by atoms with Crippen molar-refractivity contribution in [2.24, 2.45) is 5.92 Å². The van der Waals surface area contributed by atoms with Gasteiger partial charge in [-0.25, -0.2) is 4.68 Å². The molecule has 4 heterocycles. The van der Waals surface area contributed by atoms with Gasteiger partial charge in [-0.2, -0.15) is 15.3 Å². The van der Waals surface area contributed by atoms with Gasteiger partial charge in [0.25, 0.3) is 11.6 Å². The van der Waals surface area contributed by atoms with E-state index in [1.54, 1.807) is 41.9 Å². The minimum atomic E-state index is -0.469. The standard InChI is InChI=1S/C24H21N7O5/c1-15-13-21(30(28-15)17-4-6-18(7-5-17)31(33)34)27-22(32)16-8-10-29(11-9-16)24-19(14-25)26-23(36-24)20-3-2-12-35-20/h2-7,12-13,16H,8-11H2,1H3,(H,27,32). The van der Waals surface area contributed by atoms with Crippen LogP contribution in [-0.2, 0) is 4.79 Å². The van der Waals surface area contributed by atoms with Gasteiger partial charge in [0.2, 0.25) is 17.5 Å². The molecule has 0 spiro atoms. The number of anilines is 2. The fourth-order valence-electron chi connectivity index (χ4n) is 4.18. The minimum Gasteiger partial charge on any atom is -0.459 e. The summed E-state index contributed by atoms with van der Waals surface area (Å²) in [6.07, 6.45) is 2.61. The summed E-state index contributed by atoms with van der Waals surface area (Å²) in [5.41, 5.74) is 1.44. The number of nitrogens with zero attached hydrogens (tertiary/aromatic N) is 6. The average molecular weight is 487 g/mol. The topological polar surface area (TPSA) is 156 Å². The van der Waals surface area contributed by atoms with E-state index in [1.807, 2.05) is 4.90 Å². The smallest absolute Gasteiger partial charge is 0.269 e. The van der Waals surface area contributed by atoms with Crippen molar-refractivity contribution in [2.75, 3.05) is 23.3 Å². The van der Waals surface area contributed by atoms with Crippen LogP contribution in [0.25, 0.3) is 17.3 Å². The van der Waals surface area contributed by atoms with Gasteiger partial charge in [-0.15, -0.1) is 0 Å². The first-order valence-electron chi connectivity index (χ1n) is 11.2. The van der Waals surface area contributed by atoms with Crippen molar-refractivity contribution in [3.8, 4) is 23.4 Å². The molecule has 1 saturated heterocycles. The number of nitrogens with one attached hydrogen (secondary N) is 1. The quantitative estimate of drug-likeness (QED) is 0.313. The highest BCUT2D eigenvalue weighted by Gasteiger charge is 2.30. The predicted molar refractivity (Wildman–Crippen MR) is 127 cm³/mol. The Morgan fingerprint density at radius 2 is 2.00 bits per heavy atom. The molecule has 0 unspecified atom stereocenters. The first kappa shape index (κ1) is 22.9. The van der Waals surface area contributed by atoms with Gasteiger partial charge in [0, 0.05) is 37.2 Å². The first-order chi connectivity index (χ1) is 17.4. The molecule has 0 atom stereocenters. The molecule has 0 radical (unpaired) electrons. The number of rotatable bonds is 6. The van der Waals surface area contributed by atoms with Gasteiger partial charge in [-0.1, -0.05) is 0 Å². The molecule has 12 heteroatoms. The molecular formula is C24H21N7O5. The van der Waals surface area contributed by atoms with Crippen molar-refractivity contribution in [1.82, 2.24) is 14.8 Å². The number of benzene rings is 1. The number of hydrogen-bond donors (Lipinski definition) is 1. The number of aryl methyl sites for hydroxylation is 1. The van der Waals surface area contributed by atoms with E-state index >= 15 is 0 Å². The zero-order chi connectivity index (χ0) is 25.2. The van der Waals surface area contributed by atoms with E-state index in [-0.39, 0.29) is 29.1 Å². The van der Waals surface area contributed by atoms with Crippen molar-refractivity contribution < 1.29 is 18.6 Å². The number of hydrogen-bond acceptors (Lipinski definition) is 9. The first-order valence-corrected chi connectivity index (χ1v) is 11.2. The predicted octanol–water partition coefficient (Wildman–Crippen LogP) is 4.06. The molecule has 1 fully saturated rings. The molecule has 1 amide bonds. The number of piperidine rings is 1. The lowest BCUT2D eigenvalue weighted by atomic mass is 9.96. The molecule has 182 valence electrons. The van der Waals surface area contributed by atoms with Gasteiger partial charge in [-0.3, -0.25) is 14.9 Å². The highest BCUT2D eigenvalue weighted by Crippen LogP contribution is 2.31. The van der Waals surface area contributed by atoms with Crippen molar-refractivity contribution >= 4 is 23.3 Å². The minimum absolute atomic E-state index is 0.0254. The SMILES string of the molecule is Cc1cc(NC(=O)C2CCN(c3oc(-c4ccco4)nc3C#N)CC2)n(-c2ccc([N+](=O)[O-])cc2)n1. The summed E-state index contributed by atoms with van der Waals surface area (Å²) < 4.78 is 12.7. The summed E-state index contributed by atoms with van der Waals surface area (Å²) in [6.45, 7) is 2.83.